The van der Waals surface area contributed by atoms with E-state index in [2.05, 4.69) is 41.1 Å². The lowest BCUT2D eigenvalue weighted by molar-refractivity contribution is 0.261. The van der Waals surface area contributed by atoms with Crippen molar-refractivity contribution in [2.45, 2.75) is 26.3 Å². The Morgan fingerprint density at radius 2 is 1.90 bits per heavy atom. The Hall–Kier alpha value is -1.88. The molecular weight excluding hydrogens is 250 g/mol. The third-order valence-electron chi connectivity index (χ3n) is 3.70. The predicted octanol–water partition coefficient (Wildman–Crippen LogP) is 2.35. The van der Waals surface area contributed by atoms with Gasteiger partial charge in [-0.2, -0.15) is 0 Å². The van der Waals surface area contributed by atoms with Crippen LogP contribution in [-0.2, 0) is 0 Å². The van der Waals surface area contributed by atoms with Gasteiger partial charge in [0.1, 0.15) is 0 Å². The monoisotopic (exact) mass is 273 g/mol. The Morgan fingerprint density at radius 1 is 1.25 bits per heavy atom. The van der Waals surface area contributed by atoms with Crippen molar-refractivity contribution in [3.63, 3.8) is 0 Å². The van der Waals surface area contributed by atoms with Crippen LogP contribution >= 0.6 is 0 Å². The molecule has 0 saturated heterocycles. The lowest BCUT2D eigenvalue weighted by Gasteiger charge is -2.23. The van der Waals surface area contributed by atoms with Crippen LogP contribution in [0.1, 0.15) is 20.3 Å². The maximum Gasteiger partial charge on any atom is 0.169 e. The highest BCUT2D eigenvalue weighted by Crippen LogP contribution is 2.17. The van der Waals surface area contributed by atoms with E-state index in [0.29, 0.717) is 17.7 Å². The van der Waals surface area contributed by atoms with Gasteiger partial charge in [0, 0.05) is 19.1 Å². The molecule has 0 aliphatic carbocycles. The molecule has 1 heterocycles. The Labute approximate surface area is 120 Å². The molecule has 5 nitrogen and oxygen atoms in total. The first kappa shape index (κ1) is 14.5. The lowest BCUT2D eigenvalue weighted by atomic mass is 10.2. The number of aromatic nitrogens is 2. The van der Waals surface area contributed by atoms with Crippen molar-refractivity contribution in [2.24, 2.45) is 0 Å². The minimum Gasteiger partial charge on any atom is -0.381 e. The van der Waals surface area contributed by atoms with E-state index in [0.717, 1.165) is 30.5 Å². The molecule has 0 aliphatic rings. The van der Waals surface area contributed by atoms with Crippen molar-refractivity contribution >= 4 is 22.7 Å². The molecule has 2 rings (SSSR count). The van der Waals surface area contributed by atoms with Crippen LogP contribution in [0.5, 0.6) is 0 Å². The molecule has 0 bridgehead atoms. The van der Waals surface area contributed by atoms with E-state index >= 15 is 0 Å². The molecule has 0 spiro atoms. The molecule has 3 N–H and O–H groups in total. The van der Waals surface area contributed by atoms with Gasteiger partial charge in [0.15, 0.2) is 11.6 Å². The van der Waals surface area contributed by atoms with Gasteiger partial charge in [0.05, 0.1) is 11.0 Å². The number of nitrogens with two attached hydrogens (primary N) is 1. The second-order valence-electron chi connectivity index (χ2n) is 5.11. The fraction of sp³-hybridized carbons (Fsp3) is 0.467. The third kappa shape index (κ3) is 3.36. The summed E-state index contributed by atoms with van der Waals surface area (Å²) >= 11 is 0. The molecule has 1 unspecified atom stereocenters. The Bertz CT molecular complexity index is 569. The van der Waals surface area contributed by atoms with Gasteiger partial charge in [-0.15, -0.1) is 0 Å². The molecule has 1 aromatic heterocycles. The molecule has 0 saturated carbocycles. The number of para-hydroxylation sites is 2. The van der Waals surface area contributed by atoms with Gasteiger partial charge in [-0.05, 0) is 32.5 Å². The SMILES string of the molecule is CCC(C)N(C)CCNc1nc2ccccc2nc1N. The van der Waals surface area contributed by atoms with Crippen LogP contribution < -0.4 is 11.1 Å². The molecule has 5 heteroatoms. The molecule has 1 aromatic carbocycles. The summed E-state index contributed by atoms with van der Waals surface area (Å²) in [7, 11) is 2.13. The van der Waals surface area contributed by atoms with Crippen LogP contribution in [0.25, 0.3) is 11.0 Å². The number of rotatable bonds is 6. The average molecular weight is 273 g/mol. The molecular formula is C15H23N5. The summed E-state index contributed by atoms with van der Waals surface area (Å²) in [5, 5.41) is 3.27. The smallest absolute Gasteiger partial charge is 0.169 e. The maximum absolute atomic E-state index is 5.94. The number of fused-ring (bicyclic) bond motifs is 1. The fourth-order valence-electron chi connectivity index (χ4n) is 2.03. The molecule has 0 amide bonds. The van der Waals surface area contributed by atoms with Gasteiger partial charge >= 0.3 is 0 Å². The molecule has 108 valence electrons. The van der Waals surface area contributed by atoms with Crippen molar-refractivity contribution < 1.29 is 0 Å². The molecule has 0 aliphatic heterocycles. The number of likely N-dealkylation sites (N-methyl/N-ethyl adjacent to an activating group) is 1. The van der Waals surface area contributed by atoms with E-state index in [1.165, 1.54) is 0 Å². The Morgan fingerprint density at radius 3 is 2.55 bits per heavy atom. The van der Waals surface area contributed by atoms with Crippen LogP contribution in [0.3, 0.4) is 0 Å². The average Bonchev–Trinajstić information content (AvgIpc) is 2.46. The third-order valence-corrected chi connectivity index (χ3v) is 3.70. The van der Waals surface area contributed by atoms with E-state index in [4.69, 9.17) is 5.73 Å². The second-order valence-corrected chi connectivity index (χ2v) is 5.11. The summed E-state index contributed by atoms with van der Waals surface area (Å²) in [4.78, 5) is 11.2. The van der Waals surface area contributed by atoms with Gasteiger partial charge in [-0.3, -0.25) is 0 Å². The number of hydrogen-bond donors (Lipinski definition) is 2. The van der Waals surface area contributed by atoms with Crippen molar-refractivity contribution in [3.05, 3.63) is 24.3 Å². The quantitative estimate of drug-likeness (QED) is 0.845. The first-order chi connectivity index (χ1) is 9.61. The van der Waals surface area contributed by atoms with Crippen LogP contribution in [0.2, 0.25) is 0 Å². The minimum absolute atomic E-state index is 0.454. The zero-order chi connectivity index (χ0) is 14.5. The number of nitrogens with one attached hydrogen (secondary N) is 1. The highest BCUT2D eigenvalue weighted by molar-refractivity contribution is 5.79. The highest BCUT2D eigenvalue weighted by Gasteiger charge is 2.08. The van der Waals surface area contributed by atoms with E-state index in [9.17, 15) is 0 Å². The van der Waals surface area contributed by atoms with Gasteiger partial charge in [-0.1, -0.05) is 19.1 Å². The highest BCUT2D eigenvalue weighted by atomic mass is 15.1. The van der Waals surface area contributed by atoms with E-state index in [1.54, 1.807) is 0 Å². The normalized spacial score (nSPS) is 12.8. The lowest BCUT2D eigenvalue weighted by Crippen LogP contribution is -2.32. The first-order valence-corrected chi connectivity index (χ1v) is 7.08. The summed E-state index contributed by atoms with van der Waals surface area (Å²) in [6.45, 7) is 6.17. The summed E-state index contributed by atoms with van der Waals surface area (Å²) < 4.78 is 0. The summed E-state index contributed by atoms with van der Waals surface area (Å²) in [5.41, 5.74) is 7.63. The molecule has 2 aromatic rings. The standard InChI is InChI=1S/C15H23N5/c1-4-11(2)20(3)10-9-17-15-14(16)18-12-7-5-6-8-13(12)19-15/h5-8,11H,4,9-10H2,1-3H3,(H2,16,18)(H,17,19). The number of hydrogen-bond acceptors (Lipinski definition) is 5. The van der Waals surface area contributed by atoms with Crippen molar-refractivity contribution in [1.29, 1.82) is 0 Å². The van der Waals surface area contributed by atoms with Crippen LogP contribution in [0, 0.1) is 0 Å². The van der Waals surface area contributed by atoms with Crippen molar-refractivity contribution in [3.8, 4) is 0 Å². The zero-order valence-electron chi connectivity index (χ0n) is 12.4. The van der Waals surface area contributed by atoms with Crippen molar-refractivity contribution in [1.82, 2.24) is 14.9 Å². The molecule has 20 heavy (non-hydrogen) atoms. The van der Waals surface area contributed by atoms with E-state index in [1.807, 2.05) is 24.3 Å². The summed E-state index contributed by atoms with van der Waals surface area (Å²) in [6, 6.07) is 8.33. The van der Waals surface area contributed by atoms with Crippen molar-refractivity contribution in [2.75, 3.05) is 31.2 Å². The first-order valence-electron chi connectivity index (χ1n) is 7.08. The van der Waals surface area contributed by atoms with Gasteiger partial charge in [-0.25, -0.2) is 9.97 Å². The van der Waals surface area contributed by atoms with Gasteiger partial charge in [0.2, 0.25) is 0 Å². The van der Waals surface area contributed by atoms with Crippen LogP contribution in [-0.4, -0.2) is 41.0 Å². The maximum atomic E-state index is 5.94. The van der Waals surface area contributed by atoms with Gasteiger partial charge < -0.3 is 16.0 Å². The molecule has 1 atom stereocenters. The van der Waals surface area contributed by atoms with Gasteiger partial charge in [0.25, 0.3) is 0 Å². The summed E-state index contributed by atoms with van der Waals surface area (Å²) in [5.74, 6) is 1.12. The largest absolute Gasteiger partial charge is 0.381 e. The molecule has 0 radical (unpaired) electrons. The topological polar surface area (TPSA) is 67.1 Å². The Kier molecular flexibility index (Phi) is 4.74. The fourth-order valence-corrected chi connectivity index (χ4v) is 2.03. The van der Waals surface area contributed by atoms with E-state index in [-0.39, 0.29) is 0 Å². The zero-order valence-corrected chi connectivity index (χ0v) is 12.4. The minimum atomic E-state index is 0.454. The van der Waals surface area contributed by atoms with Crippen LogP contribution in [0.15, 0.2) is 24.3 Å². The number of nitrogen functional groups attached to an aromatic ring is 1. The van der Waals surface area contributed by atoms with E-state index < -0.39 is 0 Å². The predicted molar refractivity (Wildman–Crippen MR) is 84.8 cm³/mol. The number of anilines is 2. The van der Waals surface area contributed by atoms with Crippen LogP contribution in [0.4, 0.5) is 11.6 Å². The second kappa shape index (κ2) is 6.52. The summed E-state index contributed by atoms with van der Waals surface area (Å²) in [6.07, 6.45) is 1.15. The Balaban J connectivity index is 2.01. The number of benzene rings is 1. The molecule has 0 fully saturated rings. The number of nitrogens with zero attached hydrogens (tertiary/aromatic N) is 3.